The maximum atomic E-state index is 11.7. The van der Waals surface area contributed by atoms with Crippen molar-refractivity contribution in [3.63, 3.8) is 0 Å². The van der Waals surface area contributed by atoms with Crippen LogP contribution in [0.15, 0.2) is 18.3 Å². The summed E-state index contributed by atoms with van der Waals surface area (Å²) in [5.74, 6) is 0.438. The molecule has 0 bridgehead atoms. The zero-order valence-corrected chi connectivity index (χ0v) is 16.1. The lowest BCUT2D eigenvalue weighted by Gasteiger charge is -2.24. The van der Waals surface area contributed by atoms with E-state index in [4.69, 9.17) is 0 Å². The van der Waals surface area contributed by atoms with Gasteiger partial charge in [0.15, 0.2) is 0 Å². The van der Waals surface area contributed by atoms with Gasteiger partial charge < -0.3 is 10.2 Å². The second-order valence-corrected chi connectivity index (χ2v) is 7.36. The number of hydrogen-bond donors (Lipinski definition) is 1. The minimum absolute atomic E-state index is 0.0411. The van der Waals surface area contributed by atoms with Crippen LogP contribution in [-0.4, -0.2) is 62.6 Å². The summed E-state index contributed by atoms with van der Waals surface area (Å²) < 4.78 is 4.07. The molecule has 2 amide bonds. The Morgan fingerprint density at radius 1 is 1.38 bits per heavy atom. The van der Waals surface area contributed by atoms with Crippen molar-refractivity contribution in [1.82, 2.24) is 34.7 Å². The van der Waals surface area contributed by atoms with Gasteiger partial charge in [0.05, 0.1) is 17.1 Å². The van der Waals surface area contributed by atoms with Gasteiger partial charge in [-0.2, -0.15) is 10.2 Å². The van der Waals surface area contributed by atoms with Gasteiger partial charge in [-0.1, -0.05) is 0 Å². The lowest BCUT2D eigenvalue weighted by Crippen LogP contribution is -2.37. The van der Waals surface area contributed by atoms with E-state index in [-0.39, 0.29) is 6.03 Å². The third kappa shape index (κ3) is 4.43. The molecule has 0 radical (unpaired) electrons. The first-order chi connectivity index (χ1) is 12.4. The maximum absolute atomic E-state index is 11.7. The molecule has 142 valence electrons. The number of hydrogen-bond acceptors (Lipinski definition) is 4. The van der Waals surface area contributed by atoms with Crippen LogP contribution in [0.3, 0.4) is 0 Å². The third-order valence-electron chi connectivity index (χ3n) is 4.86. The molecule has 0 spiro atoms. The zero-order chi connectivity index (χ0) is 18.7. The fourth-order valence-corrected chi connectivity index (χ4v) is 3.51. The van der Waals surface area contributed by atoms with Crippen LogP contribution in [0.2, 0.25) is 0 Å². The molecule has 3 rings (SSSR count). The number of amides is 2. The summed E-state index contributed by atoms with van der Waals surface area (Å²) in [4.78, 5) is 15.8. The van der Waals surface area contributed by atoms with Gasteiger partial charge in [0.2, 0.25) is 0 Å². The monoisotopic (exact) mass is 359 g/mol. The van der Waals surface area contributed by atoms with Crippen LogP contribution in [0.25, 0.3) is 0 Å². The number of nitrogens with one attached hydrogen (secondary N) is 1. The molecule has 0 saturated carbocycles. The van der Waals surface area contributed by atoms with Crippen molar-refractivity contribution in [2.24, 2.45) is 13.0 Å². The molecule has 1 atom stereocenters. The quantitative estimate of drug-likeness (QED) is 0.871. The number of carbonyl (C=O) groups is 1. The van der Waals surface area contributed by atoms with E-state index in [9.17, 15) is 4.79 Å². The Balaban J connectivity index is 1.66. The molecule has 8 nitrogen and oxygen atoms in total. The number of carbonyl (C=O) groups excluding carboxylic acids is 1. The molecule has 1 N–H and O–H groups in total. The summed E-state index contributed by atoms with van der Waals surface area (Å²) in [6, 6.07) is 4.20. The van der Waals surface area contributed by atoms with Gasteiger partial charge in [0.25, 0.3) is 0 Å². The second kappa shape index (κ2) is 7.90. The topological polar surface area (TPSA) is 71.2 Å². The normalized spacial score (nSPS) is 17.6. The third-order valence-corrected chi connectivity index (χ3v) is 4.86. The second-order valence-electron chi connectivity index (χ2n) is 7.36. The molecule has 8 heteroatoms. The highest BCUT2D eigenvalue weighted by molar-refractivity contribution is 5.73. The molecular formula is C18H29N7O. The smallest absolute Gasteiger partial charge is 0.316 e. The van der Waals surface area contributed by atoms with E-state index in [0.29, 0.717) is 12.5 Å². The highest BCUT2D eigenvalue weighted by Crippen LogP contribution is 2.20. The van der Waals surface area contributed by atoms with Crippen LogP contribution in [0, 0.1) is 12.8 Å². The number of nitrogens with zero attached hydrogens (tertiary/aromatic N) is 6. The van der Waals surface area contributed by atoms with Crippen LogP contribution >= 0.6 is 0 Å². The Morgan fingerprint density at radius 2 is 2.19 bits per heavy atom. The van der Waals surface area contributed by atoms with Gasteiger partial charge in [-0.25, -0.2) is 4.79 Å². The number of urea groups is 1. The van der Waals surface area contributed by atoms with E-state index in [2.05, 4.69) is 37.2 Å². The summed E-state index contributed by atoms with van der Waals surface area (Å²) in [5, 5.41) is 11.9. The van der Waals surface area contributed by atoms with E-state index >= 15 is 0 Å². The standard InChI is InChI=1S/C18H29N7O/c1-14-9-17(23(4)21-14)13-24-10-15(5-7-19-18(26)22(2)3)11-25-16(12-24)6-8-20-25/h6,8-9,15H,5,7,10-13H2,1-4H3,(H,19,26)/t15-/m0/s1. The van der Waals surface area contributed by atoms with Crippen molar-refractivity contribution in [1.29, 1.82) is 0 Å². The Labute approximate surface area is 154 Å². The Bertz CT molecular complexity index is 749. The van der Waals surface area contributed by atoms with Crippen molar-refractivity contribution in [3.8, 4) is 0 Å². The number of aromatic nitrogens is 4. The van der Waals surface area contributed by atoms with Gasteiger partial charge >= 0.3 is 6.03 Å². The Morgan fingerprint density at radius 3 is 2.88 bits per heavy atom. The Kier molecular flexibility index (Phi) is 5.61. The van der Waals surface area contributed by atoms with Crippen molar-refractivity contribution < 1.29 is 4.79 Å². The highest BCUT2D eigenvalue weighted by Gasteiger charge is 2.23. The largest absolute Gasteiger partial charge is 0.338 e. The minimum atomic E-state index is -0.0411. The molecule has 3 heterocycles. The molecule has 0 saturated heterocycles. The van der Waals surface area contributed by atoms with Crippen molar-refractivity contribution in [3.05, 3.63) is 35.4 Å². The van der Waals surface area contributed by atoms with Gasteiger partial charge in [-0.15, -0.1) is 0 Å². The molecular weight excluding hydrogens is 330 g/mol. The molecule has 0 aliphatic carbocycles. The minimum Gasteiger partial charge on any atom is -0.338 e. The van der Waals surface area contributed by atoms with Crippen molar-refractivity contribution in [2.75, 3.05) is 27.2 Å². The van der Waals surface area contributed by atoms with Crippen LogP contribution < -0.4 is 5.32 Å². The van der Waals surface area contributed by atoms with E-state index < -0.39 is 0 Å². The predicted molar refractivity (Wildman–Crippen MR) is 99.5 cm³/mol. The molecule has 0 fully saturated rings. The van der Waals surface area contributed by atoms with Crippen LogP contribution in [0.5, 0.6) is 0 Å². The van der Waals surface area contributed by atoms with Crippen molar-refractivity contribution >= 4 is 6.03 Å². The molecule has 0 aromatic carbocycles. The lowest BCUT2D eigenvalue weighted by atomic mass is 10.1. The Hall–Kier alpha value is -2.35. The van der Waals surface area contributed by atoms with E-state index in [0.717, 1.165) is 38.3 Å². The molecule has 0 unspecified atom stereocenters. The summed E-state index contributed by atoms with van der Waals surface area (Å²) in [6.45, 7) is 6.31. The molecule has 2 aromatic rings. The lowest BCUT2D eigenvalue weighted by molar-refractivity contribution is 0.203. The average molecular weight is 359 g/mol. The van der Waals surface area contributed by atoms with E-state index in [1.54, 1.807) is 19.0 Å². The van der Waals surface area contributed by atoms with Crippen LogP contribution in [0.1, 0.15) is 23.5 Å². The zero-order valence-electron chi connectivity index (χ0n) is 16.1. The first kappa shape index (κ1) is 18.4. The van der Waals surface area contributed by atoms with Crippen molar-refractivity contribution in [2.45, 2.75) is 33.0 Å². The molecule has 26 heavy (non-hydrogen) atoms. The number of rotatable bonds is 5. The number of fused-ring (bicyclic) bond motifs is 1. The van der Waals surface area contributed by atoms with Gasteiger partial charge in [0, 0.05) is 60.1 Å². The van der Waals surface area contributed by atoms with E-state index in [1.807, 2.05) is 24.9 Å². The summed E-state index contributed by atoms with van der Waals surface area (Å²) in [7, 11) is 5.52. The maximum Gasteiger partial charge on any atom is 0.316 e. The average Bonchev–Trinajstić information content (AvgIpc) is 3.08. The molecule has 1 aliphatic heterocycles. The summed E-state index contributed by atoms with van der Waals surface area (Å²) in [5.41, 5.74) is 3.50. The first-order valence-electron chi connectivity index (χ1n) is 9.10. The van der Waals surface area contributed by atoms with Crippen LogP contribution in [-0.2, 0) is 26.7 Å². The highest BCUT2D eigenvalue weighted by atomic mass is 16.2. The fraction of sp³-hybridized carbons (Fsp3) is 0.611. The van der Waals surface area contributed by atoms with Gasteiger partial charge in [0.1, 0.15) is 0 Å². The van der Waals surface area contributed by atoms with E-state index in [1.165, 1.54) is 11.4 Å². The predicted octanol–water partition coefficient (Wildman–Crippen LogP) is 1.22. The number of aryl methyl sites for hydroxylation is 2. The van der Waals surface area contributed by atoms with Gasteiger partial charge in [-0.05, 0) is 31.4 Å². The van der Waals surface area contributed by atoms with Crippen LogP contribution in [0.4, 0.5) is 4.79 Å². The first-order valence-corrected chi connectivity index (χ1v) is 9.10. The molecule has 1 aliphatic rings. The summed E-state index contributed by atoms with van der Waals surface area (Å²) >= 11 is 0. The molecule has 2 aromatic heterocycles. The van der Waals surface area contributed by atoms with Gasteiger partial charge in [-0.3, -0.25) is 14.3 Å². The fourth-order valence-electron chi connectivity index (χ4n) is 3.51. The summed E-state index contributed by atoms with van der Waals surface area (Å²) in [6.07, 6.45) is 2.80. The SMILES string of the molecule is Cc1cc(CN2Cc3ccnn3C[C@@H](CCNC(=O)N(C)C)C2)n(C)n1.